The zero-order valence-corrected chi connectivity index (χ0v) is 6.66. The first-order chi connectivity index (χ1) is 4.34. The molecule has 2 atom stereocenters. The smallest absolute Gasteiger partial charge is 0.0666 e. The Morgan fingerprint density at radius 3 is 2.89 bits per heavy atom. The average Bonchev–Trinajstić information content (AvgIpc) is 2.18. The molecule has 0 amide bonds. The van der Waals surface area contributed by atoms with Crippen molar-refractivity contribution in [3.05, 3.63) is 0 Å². The van der Waals surface area contributed by atoms with Gasteiger partial charge in [-0.05, 0) is 18.6 Å². The van der Waals surface area contributed by atoms with E-state index in [1.165, 1.54) is 12.8 Å². The third-order valence-corrected chi connectivity index (χ3v) is 3.20. The van der Waals surface area contributed by atoms with E-state index >= 15 is 0 Å². The monoisotopic (exact) mass is 146 g/mol. The highest BCUT2D eigenvalue weighted by molar-refractivity contribution is 8.00. The molecule has 0 saturated carbocycles. The molecule has 1 fully saturated rings. The number of rotatable bonds is 2. The Morgan fingerprint density at radius 1 is 1.67 bits per heavy atom. The summed E-state index contributed by atoms with van der Waals surface area (Å²) in [4.78, 5) is 0. The van der Waals surface area contributed by atoms with E-state index in [9.17, 15) is 5.11 Å². The predicted octanol–water partition coefficient (Wildman–Crippen LogP) is 1.65. The average molecular weight is 146 g/mol. The minimum atomic E-state index is -0.00468. The van der Waals surface area contributed by atoms with Gasteiger partial charge in [0.05, 0.1) is 6.10 Å². The van der Waals surface area contributed by atoms with Crippen molar-refractivity contribution < 1.29 is 5.11 Å². The summed E-state index contributed by atoms with van der Waals surface area (Å²) in [6.45, 7) is 2.17. The summed E-state index contributed by atoms with van der Waals surface area (Å²) in [5.41, 5.74) is 0. The van der Waals surface area contributed by atoms with Crippen LogP contribution in [0.2, 0.25) is 0 Å². The molecule has 1 aliphatic rings. The maximum Gasteiger partial charge on any atom is 0.0666 e. The molecule has 1 aliphatic heterocycles. The topological polar surface area (TPSA) is 20.2 Å². The second-order valence-corrected chi connectivity index (χ2v) is 3.90. The van der Waals surface area contributed by atoms with Crippen molar-refractivity contribution in [2.24, 2.45) is 0 Å². The lowest BCUT2D eigenvalue weighted by Gasteiger charge is -2.10. The number of hydrogen-bond acceptors (Lipinski definition) is 2. The lowest BCUT2D eigenvalue weighted by Crippen LogP contribution is -2.16. The molecule has 0 aromatic carbocycles. The van der Waals surface area contributed by atoms with Crippen LogP contribution in [0.1, 0.15) is 26.2 Å². The van der Waals surface area contributed by atoms with Crippen LogP contribution in [0, 0.1) is 0 Å². The number of hydrogen-bond donors (Lipinski definition) is 1. The molecule has 9 heavy (non-hydrogen) atoms. The number of thioether (sulfide) groups is 1. The molecule has 54 valence electrons. The van der Waals surface area contributed by atoms with E-state index in [1.807, 2.05) is 11.8 Å². The van der Waals surface area contributed by atoms with E-state index in [4.69, 9.17) is 0 Å². The first kappa shape index (κ1) is 7.42. The molecular formula is C7H14OS. The van der Waals surface area contributed by atoms with Crippen LogP contribution in [0.15, 0.2) is 0 Å². The molecule has 1 saturated heterocycles. The third kappa shape index (κ3) is 1.87. The van der Waals surface area contributed by atoms with Gasteiger partial charge in [-0.1, -0.05) is 13.3 Å². The minimum absolute atomic E-state index is 0.00468. The van der Waals surface area contributed by atoms with E-state index in [0.29, 0.717) is 5.25 Å². The minimum Gasteiger partial charge on any atom is -0.392 e. The normalized spacial score (nSPS) is 35.3. The van der Waals surface area contributed by atoms with Crippen LogP contribution in [0.4, 0.5) is 0 Å². The zero-order chi connectivity index (χ0) is 6.69. The van der Waals surface area contributed by atoms with E-state index in [2.05, 4.69) is 6.92 Å². The second-order valence-electron chi connectivity index (χ2n) is 2.55. The fourth-order valence-corrected chi connectivity index (χ4v) is 2.64. The summed E-state index contributed by atoms with van der Waals surface area (Å²) < 4.78 is 0. The van der Waals surface area contributed by atoms with Gasteiger partial charge in [0.2, 0.25) is 0 Å². The standard InChI is InChI=1S/C7H14OS/c1-2-3-7-6(8)4-5-9-7/h6-8H,2-5H2,1H3/t6-,7-/m1/s1. The molecular weight excluding hydrogens is 132 g/mol. The third-order valence-electron chi connectivity index (χ3n) is 1.75. The van der Waals surface area contributed by atoms with Crippen LogP contribution in [-0.2, 0) is 0 Å². The Hall–Kier alpha value is 0.310. The molecule has 1 nitrogen and oxygen atoms in total. The molecule has 0 bridgehead atoms. The molecule has 2 heteroatoms. The molecule has 0 aromatic rings. The van der Waals surface area contributed by atoms with Crippen LogP contribution in [0.5, 0.6) is 0 Å². The van der Waals surface area contributed by atoms with Crippen LogP contribution >= 0.6 is 11.8 Å². The lowest BCUT2D eigenvalue weighted by atomic mass is 10.1. The summed E-state index contributed by atoms with van der Waals surface area (Å²) in [5.74, 6) is 1.16. The first-order valence-electron chi connectivity index (χ1n) is 3.64. The molecule has 0 spiro atoms. The number of aliphatic hydroxyl groups is 1. The van der Waals surface area contributed by atoms with Gasteiger partial charge < -0.3 is 5.11 Å². The SMILES string of the molecule is CCC[C@H]1SCC[C@H]1O. The summed E-state index contributed by atoms with van der Waals surface area (Å²) in [6, 6.07) is 0. The van der Waals surface area contributed by atoms with Gasteiger partial charge >= 0.3 is 0 Å². The molecule has 0 aromatic heterocycles. The Morgan fingerprint density at radius 2 is 2.44 bits per heavy atom. The van der Waals surface area contributed by atoms with Crippen molar-refractivity contribution in [1.29, 1.82) is 0 Å². The molecule has 1 rings (SSSR count). The molecule has 0 aliphatic carbocycles. The maximum absolute atomic E-state index is 9.30. The van der Waals surface area contributed by atoms with Gasteiger partial charge in [0.15, 0.2) is 0 Å². The highest BCUT2D eigenvalue weighted by Crippen LogP contribution is 2.29. The van der Waals surface area contributed by atoms with Crippen molar-refractivity contribution in [2.45, 2.75) is 37.5 Å². The van der Waals surface area contributed by atoms with Gasteiger partial charge in [0.25, 0.3) is 0 Å². The van der Waals surface area contributed by atoms with Gasteiger partial charge in [0, 0.05) is 5.25 Å². The Bertz CT molecular complexity index is 85.0. The molecule has 0 radical (unpaired) electrons. The molecule has 1 heterocycles. The van der Waals surface area contributed by atoms with Gasteiger partial charge in [-0.2, -0.15) is 11.8 Å². The Kier molecular flexibility index (Phi) is 2.86. The quantitative estimate of drug-likeness (QED) is 0.639. The van der Waals surface area contributed by atoms with Crippen LogP contribution in [-0.4, -0.2) is 22.2 Å². The van der Waals surface area contributed by atoms with E-state index in [1.54, 1.807) is 0 Å². The fraction of sp³-hybridized carbons (Fsp3) is 1.00. The maximum atomic E-state index is 9.30. The van der Waals surface area contributed by atoms with Crippen molar-refractivity contribution in [3.63, 3.8) is 0 Å². The molecule has 1 N–H and O–H groups in total. The Balaban J connectivity index is 2.22. The highest BCUT2D eigenvalue weighted by Gasteiger charge is 2.24. The first-order valence-corrected chi connectivity index (χ1v) is 4.69. The summed E-state index contributed by atoms with van der Waals surface area (Å²) in [6.07, 6.45) is 3.39. The van der Waals surface area contributed by atoms with Crippen molar-refractivity contribution in [3.8, 4) is 0 Å². The number of aliphatic hydroxyl groups excluding tert-OH is 1. The van der Waals surface area contributed by atoms with E-state index in [-0.39, 0.29) is 6.10 Å². The van der Waals surface area contributed by atoms with Crippen LogP contribution in [0.3, 0.4) is 0 Å². The highest BCUT2D eigenvalue weighted by atomic mass is 32.2. The van der Waals surface area contributed by atoms with Crippen LogP contribution in [0.25, 0.3) is 0 Å². The zero-order valence-electron chi connectivity index (χ0n) is 5.84. The van der Waals surface area contributed by atoms with Crippen molar-refractivity contribution in [2.75, 3.05) is 5.75 Å². The lowest BCUT2D eigenvalue weighted by molar-refractivity contribution is 0.172. The van der Waals surface area contributed by atoms with Gasteiger partial charge in [0.1, 0.15) is 0 Å². The van der Waals surface area contributed by atoms with Gasteiger partial charge in [-0.25, -0.2) is 0 Å². The van der Waals surface area contributed by atoms with E-state index in [0.717, 1.165) is 12.2 Å². The largest absolute Gasteiger partial charge is 0.392 e. The van der Waals surface area contributed by atoms with Crippen LogP contribution < -0.4 is 0 Å². The second kappa shape index (κ2) is 3.47. The summed E-state index contributed by atoms with van der Waals surface area (Å²) in [7, 11) is 0. The summed E-state index contributed by atoms with van der Waals surface area (Å²) >= 11 is 1.93. The van der Waals surface area contributed by atoms with Gasteiger partial charge in [-0.15, -0.1) is 0 Å². The van der Waals surface area contributed by atoms with Crippen molar-refractivity contribution >= 4 is 11.8 Å². The molecule has 0 unspecified atom stereocenters. The Labute approximate surface area is 60.8 Å². The van der Waals surface area contributed by atoms with Gasteiger partial charge in [-0.3, -0.25) is 0 Å². The van der Waals surface area contributed by atoms with Crippen molar-refractivity contribution in [1.82, 2.24) is 0 Å². The predicted molar refractivity (Wildman–Crippen MR) is 41.8 cm³/mol. The summed E-state index contributed by atoms with van der Waals surface area (Å²) in [5, 5.41) is 9.85. The van der Waals surface area contributed by atoms with E-state index < -0.39 is 0 Å². The fourth-order valence-electron chi connectivity index (χ4n) is 1.20.